The molecule has 0 aliphatic rings. The van der Waals surface area contributed by atoms with E-state index < -0.39 is 10.0 Å². The number of rotatable bonds is 11. The van der Waals surface area contributed by atoms with Crippen molar-refractivity contribution < 1.29 is 22.7 Å². The molecule has 0 unspecified atom stereocenters. The number of sulfonamides is 1. The van der Waals surface area contributed by atoms with Gasteiger partial charge in [0.1, 0.15) is 0 Å². The molecule has 2 aromatic carbocycles. The van der Waals surface area contributed by atoms with E-state index in [4.69, 9.17) is 14.5 Å². The van der Waals surface area contributed by atoms with Gasteiger partial charge in [-0.3, -0.25) is 14.7 Å². The highest BCUT2D eigenvalue weighted by atomic mass is 32.2. The lowest BCUT2D eigenvalue weighted by molar-refractivity contribution is 0.0985. The molecule has 0 saturated heterocycles. The van der Waals surface area contributed by atoms with Crippen molar-refractivity contribution in [3.8, 4) is 11.5 Å². The Morgan fingerprint density at radius 1 is 1.05 bits per heavy atom. The number of carbonyl (C=O) groups excluding carboxylic acids is 1. The van der Waals surface area contributed by atoms with E-state index in [1.165, 1.54) is 27.8 Å². The van der Waals surface area contributed by atoms with Gasteiger partial charge in [0.2, 0.25) is 10.0 Å². The summed E-state index contributed by atoms with van der Waals surface area (Å²) in [5, 5.41) is 0.486. The lowest BCUT2D eigenvalue weighted by Crippen LogP contribution is -2.30. The maximum Gasteiger partial charge on any atom is 0.260 e. The van der Waals surface area contributed by atoms with Gasteiger partial charge in [0, 0.05) is 43.7 Å². The maximum absolute atomic E-state index is 13.8. The molecule has 0 saturated carbocycles. The molecule has 0 radical (unpaired) electrons. The van der Waals surface area contributed by atoms with E-state index in [2.05, 4.69) is 4.98 Å². The summed E-state index contributed by atoms with van der Waals surface area (Å²) in [6.45, 7) is 2.68. The van der Waals surface area contributed by atoms with Gasteiger partial charge in [-0.15, -0.1) is 0 Å². The second kappa shape index (κ2) is 11.9. The fourth-order valence-electron chi connectivity index (χ4n) is 3.87. The molecule has 0 bridgehead atoms. The lowest BCUT2D eigenvalue weighted by atomic mass is 10.2. The maximum atomic E-state index is 13.8. The van der Waals surface area contributed by atoms with Crippen molar-refractivity contribution in [2.24, 2.45) is 0 Å². The molecule has 4 aromatic rings. The van der Waals surface area contributed by atoms with Crippen LogP contribution in [0.4, 0.5) is 5.13 Å². The Kier molecular flexibility index (Phi) is 8.60. The molecule has 9 nitrogen and oxygen atoms in total. The minimum Gasteiger partial charge on any atom is -0.493 e. The number of nitrogens with zero attached hydrogens (tertiary/aromatic N) is 4. The molecule has 1 amide bonds. The van der Waals surface area contributed by atoms with Gasteiger partial charge in [0.05, 0.1) is 35.9 Å². The van der Waals surface area contributed by atoms with E-state index in [0.29, 0.717) is 34.3 Å². The van der Waals surface area contributed by atoms with Crippen molar-refractivity contribution in [3.63, 3.8) is 0 Å². The molecule has 11 heteroatoms. The third-order valence-corrected chi connectivity index (χ3v) is 8.97. The number of anilines is 1. The van der Waals surface area contributed by atoms with Crippen LogP contribution in [-0.4, -0.2) is 56.4 Å². The summed E-state index contributed by atoms with van der Waals surface area (Å²) < 4.78 is 38.8. The molecule has 38 heavy (non-hydrogen) atoms. The number of fused-ring (bicyclic) bond motifs is 1. The first kappa shape index (κ1) is 27.5. The largest absolute Gasteiger partial charge is 0.493 e. The fraction of sp³-hybridized carbons (Fsp3) is 0.296. The number of amides is 1. The highest BCUT2D eigenvalue weighted by Crippen LogP contribution is 2.38. The second-order valence-corrected chi connectivity index (χ2v) is 11.7. The molecule has 0 fully saturated rings. The molecule has 0 spiro atoms. The van der Waals surface area contributed by atoms with Gasteiger partial charge >= 0.3 is 0 Å². The van der Waals surface area contributed by atoms with E-state index in [0.717, 1.165) is 23.1 Å². The number of carbonyl (C=O) groups is 1. The van der Waals surface area contributed by atoms with Crippen molar-refractivity contribution in [2.45, 2.75) is 31.2 Å². The summed E-state index contributed by atoms with van der Waals surface area (Å²) in [6.07, 6.45) is 5.03. The molecule has 0 aliphatic carbocycles. The van der Waals surface area contributed by atoms with Crippen molar-refractivity contribution in [1.82, 2.24) is 14.3 Å². The van der Waals surface area contributed by atoms with Gasteiger partial charge in [0.25, 0.3) is 5.91 Å². The van der Waals surface area contributed by atoms with Crippen LogP contribution in [0.3, 0.4) is 0 Å². The number of hydrogen-bond donors (Lipinski definition) is 0. The summed E-state index contributed by atoms with van der Waals surface area (Å²) in [7, 11) is 1.05. The number of methoxy groups -OCH3 is 2. The first-order chi connectivity index (χ1) is 18.3. The summed E-state index contributed by atoms with van der Waals surface area (Å²) in [6, 6.07) is 13.3. The third kappa shape index (κ3) is 5.79. The molecule has 0 aliphatic heterocycles. The van der Waals surface area contributed by atoms with Crippen LogP contribution in [0.1, 0.15) is 35.7 Å². The van der Waals surface area contributed by atoms with Gasteiger partial charge in [-0.05, 0) is 42.3 Å². The van der Waals surface area contributed by atoms with Crippen LogP contribution in [-0.2, 0) is 16.6 Å². The quantitative estimate of drug-likeness (QED) is 0.258. The number of ether oxygens (including phenoxy) is 2. The van der Waals surface area contributed by atoms with Crippen LogP contribution < -0.4 is 14.4 Å². The number of hydrogen-bond acceptors (Lipinski definition) is 8. The SMILES string of the molecule is CCCCN(C)S(=O)(=O)c1ccc(C(=O)N(Cc2cccnc2)c2nc3cc(OC)c(OC)cc3s2)cc1. The van der Waals surface area contributed by atoms with Crippen molar-refractivity contribution >= 4 is 42.6 Å². The molecule has 200 valence electrons. The molecule has 4 rings (SSSR count). The summed E-state index contributed by atoms with van der Waals surface area (Å²) >= 11 is 1.35. The summed E-state index contributed by atoms with van der Waals surface area (Å²) in [4.78, 5) is 24.4. The second-order valence-electron chi connectivity index (χ2n) is 8.63. The average Bonchev–Trinajstić information content (AvgIpc) is 3.36. The monoisotopic (exact) mass is 554 g/mol. The molecule has 0 N–H and O–H groups in total. The van der Waals surface area contributed by atoms with E-state index in [1.54, 1.807) is 62.8 Å². The van der Waals surface area contributed by atoms with Gasteiger partial charge in [-0.1, -0.05) is 30.7 Å². The minimum absolute atomic E-state index is 0.144. The van der Waals surface area contributed by atoms with Gasteiger partial charge in [-0.25, -0.2) is 17.7 Å². The van der Waals surface area contributed by atoms with Crippen LogP contribution in [0.5, 0.6) is 11.5 Å². The van der Waals surface area contributed by atoms with Gasteiger partial charge in [-0.2, -0.15) is 0 Å². The van der Waals surface area contributed by atoms with Crippen molar-refractivity contribution in [1.29, 1.82) is 0 Å². The van der Waals surface area contributed by atoms with E-state index in [1.807, 2.05) is 19.1 Å². The zero-order chi connectivity index (χ0) is 27.3. The normalized spacial score (nSPS) is 11.6. The topological polar surface area (TPSA) is 102 Å². The van der Waals surface area contributed by atoms with Crippen LogP contribution in [0, 0.1) is 0 Å². The number of aromatic nitrogens is 2. The van der Waals surface area contributed by atoms with E-state index in [9.17, 15) is 13.2 Å². The molecule has 2 aromatic heterocycles. The minimum atomic E-state index is -3.64. The average molecular weight is 555 g/mol. The Bertz CT molecular complexity index is 1470. The Labute approximate surface area is 226 Å². The van der Waals surface area contributed by atoms with Crippen molar-refractivity contribution in [3.05, 3.63) is 72.1 Å². The van der Waals surface area contributed by atoms with E-state index in [-0.39, 0.29) is 17.3 Å². The van der Waals surface area contributed by atoms with Crippen LogP contribution >= 0.6 is 11.3 Å². The molecular weight excluding hydrogens is 524 g/mol. The zero-order valence-corrected chi connectivity index (χ0v) is 23.4. The third-order valence-electron chi connectivity index (χ3n) is 6.06. The first-order valence-corrected chi connectivity index (χ1v) is 14.3. The summed E-state index contributed by atoms with van der Waals surface area (Å²) in [5.41, 5.74) is 1.84. The summed E-state index contributed by atoms with van der Waals surface area (Å²) in [5.74, 6) is 0.804. The van der Waals surface area contributed by atoms with Crippen LogP contribution in [0.2, 0.25) is 0 Å². The smallest absolute Gasteiger partial charge is 0.260 e. The standard InChI is InChI=1S/C27H30N4O5S2/c1-5-6-14-30(2)38(33,34)21-11-9-20(10-12-21)26(32)31(18-19-8-7-13-28-17-19)27-29-22-15-23(35-3)24(36-4)16-25(22)37-27/h7-13,15-17H,5-6,14,18H2,1-4H3. The number of unbranched alkanes of at least 4 members (excludes halogenated alkanes) is 1. The van der Waals surface area contributed by atoms with Gasteiger partial charge < -0.3 is 9.47 Å². The first-order valence-electron chi connectivity index (χ1n) is 12.1. The zero-order valence-electron chi connectivity index (χ0n) is 21.7. The van der Waals surface area contributed by atoms with Gasteiger partial charge in [0.15, 0.2) is 16.6 Å². The highest BCUT2D eigenvalue weighted by Gasteiger charge is 2.25. The number of pyridine rings is 1. The molecular formula is C27H30N4O5S2. The Balaban J connectivity index is 1.69. The predicted octanol–water partition coefficient (Wildman–Crippen LogP) is 4.98. The Morgan fingerprint density at radius 2 is 1.76 bits per heavy atom. The van der Waals surface area contributed by atoms with E-state index >= 15 is 0 Å². The Morgan fingerprint density at radius 3 is 2.39 bits per heavy atom. The lowest BCUT2D eigenvalue weighted by Gasteiger charge is -2.20. The van der Waals surface area contributed by atoms with Crippen LogP contribution in [0.25, 0.3) is 10.2 Å². The van der Waals surface area contributed by atoms with Crippen LogP contribution in [0.15, 0.2) is 65.8 Å². The molecule has 0 atom stereocenters. The number of benzene rings is 2. The Hall–Kier alpha value is -3.54. The number of thiazole rings is 1. The van der Waals surface area contributed by atoms with Crippen molar-refractivity contribution in [2.75, 3.05) is 32.7 Å². The highest BCUT2D eigenvalue weighted by molar-refractivity contribution is 7.89. The molecule has 2 heterocycles. The fourth-order valence-corrected chi connectivity index (χ4v) is 6.05. The predicted molar refractivity (Wildman–Crippen MR) is 149 cm³/mol.